The number of hydrogen-bond donors (Lipinski definition) is 2. The fraction of sp³-hybridized carbons (Fsp3) is 0.0714. The van der Waals surface area contributed by atoms with Crippen molar-refractivity contribution in [3.8, 4) is 6.07 Å². The van der Waals surface area contributed by atoms with Gasteiger partial charge in [-0.3, -0.25) is 5.10 Å². The predicted octanol–water partition coefficient (Wildman–Crippen LogP) is 2.44. The van der Waals surface area contributed by atoms with E-state index < -0.39 is 0 Å². The predicted molar refractivity (Wildman–Crippen MR) is 72.4 cm³/mol. The van der Waals surface area contributed by atoms with Crippen LogP contribution in [0.3, 0.4) is 0 Å². The van der Waals surface area contributed by atoms with Crippen molar-refractivity contribution >= 4 is 16.7 Å². The van der Waals surface area contributed by atoms with E-state index in [0.29, 0.717) is 17.9 Å². The Morgan fingerprint density at radius 1 is 1.32 bits per heavy atom. The van der Waals surface area contributed by atoms with Crippen LogP contribution in [0.2, 0.25) is 0 Å². The summed E-state index contributed by atoms with van der Waals surface area (Å²) in [5.41, 5.74) is 2.48. The lowest BCUT2D eigenvalue weighted by molar-refractivity contribution is 1.09. The minimum absolute atomic E-state index is 0.618. The molecule has 0 radical (unpaired) electrons. The topological polar surface area (TPSA) is 77.4 Å². The van der Waals surface area contributed by atoms with E-state index in [2.05, 4.69) is 26.6 Å². The normalized spacial score (nSPS) is 10.3. The molecule has 5 nitrogen and oxygen atoms in total. The van der Waals surface area contributed by atoms with Gasteiger partial charge in [-0.1, -0.05) is 18.2 Å². The fourth-order valence-corrected chi connectivity index (χ4v) is 1.93. The first-order valence-corrected chi connectivity index (χ1v) is 5.88. The molecule has 19 heavy (non-hydrogen) atoms. The molecule has 0 fully saturated rings. The van der Waals surface area contributed by atoms with E-state index in [1.807, 2.05) is 30.5 Å². The van der Waals surface area contributed by atoms with Gasteiger partial charge < -0.3 is 5.32 Å². The number of pyridine rings is 1. The smallest absolute Gasteiger partial charge is 0.128 e. The number of benzene rings is 1. The van der Waals surface area contributed by atoms with Gasteiger partial charge >= 0.3 is 0 Å². The van der Waals surface area contributed by atoms with Gasteiger partial charge in [0.25, 0.3) is 0 Å². The maximum absolute atomic E-state index is 9.19. The number of aromatic amines is 1. The summed E-state index contributed by atoms with van der Waals surface area (Å²) in [5, 5.41) is 19.9. The molecule has 0 aliphatic rings. The number of rotatable bonds is 3. The molecule has 92 valence electrons. The minimum atomic E-state index is 0.618. The van der Waals surface area contributed by atoms with Gasteiger partial charge in [0, 0.05) is 23.7 Å². The number of hydrogen-bond acceptors (Lipinski definition) is 4. The van der Waals surface area contributed by atoms with Crippen molar-refractivity contribution in [2.75, 3.05) is 5.32 Å². The second-order valence-electron chi connectivity index (χ2n) is 4.14. The van der Waals surface area contributed by atoms with Crippen LogP contribution in [0.5, 0.6) is 0 Å². The van der Waals surface area contributed by atoms with Gasteiger partial charge in [-0.25, -0.2) is 4.98 Å². The number of fused-ring (bicyclic) bond motifs is 1. The summed E-state index contributed by atoms with van der Waals surface area (Å²) in [4.78, 5) is 4.49. The van der Waals surface area contributed by atoms with Crippen molar-refractivity contribution in [3.05, 3.63) is 53.9 Å². The maximum Gasteiger partial charge on any atom is 0.128 e. The highest BCUT2D eigenvalue weighted by atomic mass is 15.1. The summed E-state index contributed by atoms with van der Waals surface area (Å²) in [6.07, 6.45) is 3.57. The summed E-state index contributed by atoms with van der Waals surface area (Å²) in [6.45, 7) is 0.618. The van der Waals surface area contributed by atoms with Crippen LogP contribution < -0.4 is 5.32 Å². The van der Waals surface area contributed by atoms with Gasteiger partial charge in [0.2, 0.25) is 0 Å². The maximum atomic E-state index is 9.19. The largest absolute Gasteiger partial charge is 0.366 e. The molecule has 0 aliphatic heterocycles. The van der Waals surface area contributed by atoms with Crippen molar-refractivity contribution in [3.63, 3.8) is 0 Å². The van der Waals surface area contributed by atoms with Gasteiger partial charge in [-0.2, -0.15) is 10.4 Å². The summed E-state index contributed by atoms with van der Waals surface area (Å²) in [5.74, 6) is 0.691. The highest BCUT2D eigenvalue weighted by Crippen LogP contribution is 2.20. The van der Waals surface area contributed by atoms with Crippen molar-refractivity contribution in [2.24, 2.45) is 0 Å². The molecule has 0 amide bonds. The van der Waals surface area contributed by atoms with Crippen molar-refractivity contribution in [1.29, 1.82) is 5.26 Å². The number of nitriles is 1. The molecule has 0 spiro atoms. The number of nitrogens with zero attached hydrogens (tertiary/aromatic N) is 3. The second-order valence-corrected chi connectivity index (χ2v) is 4.14. The van der Waals surface area contributed by atoms with Crippen LogP contribution >= 0.6 is 0 Å². The molecule has 0 aliphatic carbocycles. The molecule has 2 heterocycles. The van der Waals surface area contributed by atoms with Gasteiger partial charge in [0.05, 0.1) is 23.3 Å². The van der Waals surface area contributed by atoms with Crippen molar-refractivity contribution in [2.45, 2.75) is 6.54 Å². The van der Waals surface area contributed by atoms with Gasteiger partial charge in [-0.05, 0) is 12.1 Å². The molecule has 0 saturated carbocycles. The molecule has 2 N–H and O–H groups in total. The third kappa shape index (κ3) is 2.24. The van der Waals surface area contributed by atoms with Gasteiger partial charge in [0.15, 0.2) is 0 Å². The number of para-hydroxylation sites is 1. The Morgan fingerprint density at radius 3 is 3.00 bits per heavy atom. The molecule has 0 bridgehead atoms. The molecule has 0 saturated heterocycles. The number of H-pyrrole nitrogens is 1. The number of anilines is 1. The zero-order chi connectivity index (χ0) is 13.1. The molecule has 5 heteroatoms. The third-order valence-corrected chi connectivity index (χ3v) is 2.87. The summed E-state index contributed by atoms with van der Waals surface area (Å²) in [7, 11) is 0. The Bertz CT molecular complexity index is 740. The quantitative estimate of drug-likeness (QED) is 0.747. The van der Waals surface area contributed by atoms with Crippen LogP contribution in [0.4, 0.5) is 5.82 Å². The van der Waals surface area contributed by atoms with Crippen LogP contribution in [0, 0.1) is 11.3 Å². The molecule has 3 aromatic rings. The van der Waals surface area contributed by atoms with E-state index >= 15 is 0 Å². The Morgan fingerprint density at radius 2 is 2.21 bits per heavy atom. The zero-order valence-electron chi connectivity index (χ0n) is 10.1. The second kappa shape index (κ2) is 4.78. The van der Waals surface area contributed by atoms with Crippen molar-refractivity contribution in [1.82, 2.24) is 15.2 Å². The monoisotopic (exact) mass is 249 g/mol. The first-order chi connectivity index (χ1) is 9.36. The Balaban J connectivity index is 1.94. The summed E-state index contributed by atoms with van der Waals surface area (Å²) in [6, 6.07) is 11.6. The van der Waals surface area contributed by atoms with E-state index in [1.54, 1.807) is 12.3 Å². The van der Waals surface area contributed by atoms with E-state index in [9.17, 15) is 5.26 Å². The average Bonchev–Trinajstić information content (AvgIpc) is 2.97. The molecule has 1 aromatic carbocycles. The Labute approximate surface area is 109 Å². The van der Waals surface area contributed by atoms with Crippen LogP contribution in [-0.2, 0) is 6.54 Å². The zero-order valence-corrected chi connectivity index (χ0v) is 10.1. The molecular weight excluding hydrogens is 238 g/mol. The molecule has 0 atom stereocenters. The highest BCUT2D eigenvalue weighted by Gasteiger charge is 2.05. The molecule has 2 aromatic heterocycles. The Kier molecular flexibility index (Phi) is 2.83. The third-order valence-electron chi connectivity index (χ3n) is 2.87. The lowest BCUT2D eigenvalue weighted by Gasteiger charge is -2.06. The SMILES string of the molecule is N#Cc1cc(NCc2cn[nH]c2)nc2ccccc12. The number of aromatic nitrogens is 3. The highest BCUT2D eigenvalue weighted by molar-refractivity contribution is 5.86. The molecule has 3 rings (SSSR count). The van der Waals surface area contributed by atoms with Crippen LogP contribution in [-0.4, -0.2) is 15.2 Å². The molecule has 0 unspecified atom stereocenters. The lowest BCUT2D eigenvalue weighted by atomic mass is 10.1. The first kappa shape index (κ1) is 11.2. The number of nitrogens with one attached hydrogen (secondary N) is 2. The summed E-state index contributed by atoms with van der Waals surface area (Å²) < 4.78 is 0. The van der Waals surface area contributed by atoms with E-state index in [-0.39, 0.29) is 0 Å². The van der Waals surface area contributed by atoms with E-state index in [4.69, 9.17) is 0 Å². The van der Waals surface area contributed by atoms with Crippen molar-refractivity contribution < 1.29 is 0 Å². The van der Waals surface area contributed by atoms with E-state index in [1.165, 1.54) is 0 Å². The fourth-order valence-electron chi connectivity index (χ4n) is 1.93. The Hall–Kier alpha value is -2.87. The standard InChI is InChI=1S/C14H11N5/c15-6-11-5-14(16-7-10-8-17-18-9-10)19-13-4-2-1-3-12(11)13/h1-5,8-9H,7H2,(H,16,19)(H,17,18). The van der Waals surface area contributed by atoms with Crippen LogP contribution in [0.1, 0.15) is 11.1 Å². The first-order valence-electron chi connectivity index (χ1n) is 5.88. The van der Waals surface area contributed by atoms with E-state index in [0.717, 1.165) is 16.5 Å². The average molecular weight is 249 g/mol. The minimum Gasteiger partial charge on any atom is -0.366 e. The van der Waals surface area contributed by atoms with Gasteiger partial charge in [-0.15, -0.1) is 0 Å². The van der Waals surface area contributed by atoms with Crippen LogP contribution in [0.25, 0.3) is 10.9 Å². The lowest BCUT2D eigenvalue weighted by Crippen LogP contribution is -2.01. The van der Waals surface area contributed by atoms with Crippen LogP contribution in [0.15, 0.2) is 42.7 Å². The van der Waals surface area contributed by atoms with Gasteiger partial charge in [0.1, 0.15) is 5.82 Å². The molecular formula is C14H11N5. The summed E-state index contributed by atoms with van der Waals surface area (Å²) >= 11 is 0.